The second kappa shape index (κ2) is 9.93. The Bertz CT molecular complexity index is 873. The standard InChI is InChI=1S/C17H20F3N3O9/c1-7(24)28-6-11-13(29-8(2)25)14(30-9(3)26)15(31-10(4)27)16(32-11)23-12(5-21-22-23)17(18,19)20/h5,11,13-16H,6H2,1-4H3/t11-,13-,14+,15-,16-/m1/s1. The van der Waals surface area contributed by atoms with Gasteiger partial charge in [0.1, 0.15) is 12.7 Å². The Morgan fingerprint density at radius 3 is 1.97 bits per heavy atom. The monoisotopic (exact) mass is 467 g/mol. The summed E-state index contributed by atoms with van der Waals surface area (Å²) in [6.07, 6.45) is -12.7. The van der Waals surface area contributed by atoms with Crippen molar-refractivity contribution >= 4 is 23.9 Å². The number of nitrogens with zero attached hydrogens (tertiary/aromatic N) is 3. The van der Waals surface area contributed by atoms with Crippen molar-refractivity contribution in [3.63, 3.8) is 0 Å². The number of esters is 4. The topological polar surface area (TPSA) is 145 Å². The van der Waals surface area contributed by atoms with Crippen molar-refractivity contribution in [1.29, 1.82) is 0 Å². The lowest BCUT2D eigenvalue weighted by Crippen LogP contribution is -2.61. The highest BCUT2D eigenvalue weighted by Crippen LogP contribution is 2.38. The largest absolute Gasteiger partial charge is 0.463 e. The number of carbonyl (C=O) groups excluding carboxylic acids is 4. The number of halogens is 3. The first kappa shape index (κ1) is 25.0. The first-order valence-corrected chi connectivity index (χ1v) is 9.09. The molecule has 0 aromatic carbocycles. The second-order valence-electron chi connectivity index (χ2n) is 6.65. The molecule has 1 saturated heterocycles. The van der Waals surface area contributed by atoms with E-state index >= 15 is 0 Å². The van der Waals surface area contributed by atoms with E-state index in [4.69, 9.17) is 23.7 Å². The van der Waals surface area contributed by atoms with Crippen LogP contribution in [0.2, 0.25) is 0 Å². The van der Waals surface area contributed by atoms with Gasteiger partial charge in [0.15, 0.2) is 30.2 Å². The van der Waals surface area contributed by atoms with Gasteiger partial charge in [-0.05, 0) is 0 Å². The van der Waals surface area contributed by atoms with E-state index in [1.807, 2.05) is 0 Å². The molecule has 1 aliphatic heterocycles. The van der Waals surface area contributed by atoms with Gasteiger partial charge in [-0.2, -0.15) is 13.2 Å². The summed E-state index contributed by atoms with van der Waals surface area (Å²) in [6, 6.07) is 0. The number of hydrogen-bond acceptors (Lipinski definition) is 11. The summed E-state index contributed by atoms with van der Waals surface area (Å²) in [4.78, 5) is 46.3. The Morgan fingerprint density at radius 1 is 0.938 bits per heavy atom. The van der Waals surface area contributed by atoms with Crippen molar-refractivity contribution in [3.05, 3.63) is 11.9 Å². The van der Waals surface area contributed by atoms with Gasteiger partial charge in [0.25, 0.3) is 0 Å². The number of rotatable bonds is 6. The van der Waals surface area contributed by atoms with Crippen LogP contribution in [0.25, 0.3) is 0 Å². The van der Waals surface area contributed by atoms with E-state index in [-0.39, 0.29) is 4.68 Å². The molecule has 0 bridgehead atoms. The maximum Gasteiger partial charge on any atom is 0.434 e. The predicted octanol–water partition coefficient (Wildman–Crippen LogP) is 0.552. The van der Waals surface area contributed by atoms with Crippen molar-refractivity contribution in [2.45, 2.75) is 64.5 Å². The van der Waals surface area contributed by atoms with Crippen LogP contribution in [-0.4, -0.2) is 69.9 Å². The molecule has 0 saturated carbocycles. The minimum atomic E-state index is -4.93. The van der Waals surface area contributed by atoms with Crippen LogP contribution in [0.3, 0.4) is 0 Å². The van der Waals surface area contributed by atoms with Gasteiger partial charge in [0.2, 0.25) is 0 Å². The van der Waals surface area contributed by atoms with E-state index in [1.165, 1.54) is 0 Å². The van der Waals surface area contributed by atoms with Crippen molar-refractivity contribution in [2.24, 2.45) is 0 Å². The van der Waals surface area contributed by atoms with E-state index in [9.17, 15) is 32.3 Å². The Labute approximate surface area is 178 Å². The molecule has 1 aromatic rings. The molecule has 2 rings (SSSR count). The number of aromatic nitrogens is 3. The predicted molar refractivity (Wildman–Crippen MR) is 92.2 cm³/mol. The Hall–Kier alpha value is -3.23. The van der Waals surface area contributed by atoms with Crippen LogP contribution in [0, 0.1) is 0 Å². The molecular formula is C17H20F3N3O9. The molecule has 178 valence electrons. The molecule has 1 aromatic heterocycles. The molecule has 0 unspecified atom stereocenters. The normalized spacial score (nSPS) is 25.5. The fourth-order valence-electron chi connectivity index (χ4n) is 3.04. The number of alkyl halides is 3. The third-order valence-electron chi connectivity index (χ3n) is 4.07. The molecule has 0 amide bonds. The third kappa shape index (κ3) is 6.15. The second-order valence-corrected chi connectivity index (χ2v) is 6.65. The van der Waals surface area contributed by atoms with E-state index in [2.05, 4.69) is 10.3 Å². The first-order valence-electron chi connectivity index (χ1n) is 9.09. The van der Waals surface area contributed by atoms with Crippen LogP contribution in [0.5, 0.6) is 0 Å². The summed E-state index contributed by atoms with van der Waals surface area (Å²) >= 11 is 0. The van der Waals surface area contributed by atoms with Crippen LogP contribution in [0.4, 0.5) is 13.2 Å². The van der Waals surface area contributed by atoms with E-state index in [1.54, 1.807) is 0 Å². The van der Waals surface area contributed by atoms with E-state index < -0.39 is 73.0 Å². The fraction of sp³-hybridized carbons (Fsp3) is 0.647. The average molecular weight is 467 g/mol. The minimum Gasteiger partial charge on any atom is -0.463 e. The van der Waals surface area contributed by atoms with Gasteiger partial charge < -0.3 is 23.7 Å². The smallest absolute Gasteiger partial charge is 0.434 e. The molecule has 0 N–H and O–H groups in total. The van der Waals surface area contributed by atoms with Crippen molar-refractivity contribution in [3.8, 4) is 0 Å². The highest BCUT2D eigenvalue weighted by Gasteiger charge is 2.54. The van der Waals surface area contributed by atoms with Gasteiger partial charge in [-0.1, -0.05) is 5.21 Å². The molecule has 0 aliphatic carbocycles. The highest BCUT2D eigenvalue weighted by atomic mass is 19.4. The van der Waals surface area contributed by atoms with Crippen LogP contribution in [0.15, 0.2) is 6.20 Å². The van der Waals surface area contributed by atoms with Gasteiger partial charge in [0, 0.05) is 27.7 Å². The minimum absolute atomic E-state index is 0.287. The zero-order valence-corrected chi connectivity index (χ0v) is 17.3. The van der Waals surface area contributed by atoms with Gasteiger partial charge in [-0.15, -0.1) is 5.10 Å². The number of ether oxygens (including phenoxy) is 5. The zero-order valence-electron chi connectivity index (χ0n) is 17.3. The lowest BCUT2D eigenvalue weighted by atomic mass is 9.97. The Morgan fingerprint density at radius 2 is 1.47 bits per heavy atom. The summed E-state index contributed by atoms with van der Waals surface area (Å²) in [5.41, 5.74) is -1.36. The van der Waals surface area contributed by atoms with Crippen LogP contribution < -0.4 is 0 Å². The fourth-order valence-corrected chi connectivity index (χ4v) is 3.04. The van der Waals surface area contributed by atoms with Gasteiger partial charge in [0.05, 0.1) is 6.20 Å². The molecular weight excluding hydrogens is 447 g/mol. The molecule has 5 atom stereocenters. The van der Waals surface area contributed by atoms with Gasteiger partial charge in [-0.25, -0.2) is 4.68 Å². The lowest BCUT2D eigenvalue weighted by molar-refractivity contribution is -0.273. The molecule has 15 heteroatoms. The first-order chi connectivity index (χ1) is 14.8. The molecule has 0 spiro atoms. The third-order valence-corrected chi connectivity index (χ3v) is 4.07. The summed E-state index contributed by atoms with van der Waals surface area (Å²) in [5.74, 6) is -3.53. The zero-order chi connectivity index (χ0) is 24.2. The van der Waals surface area contributed by atoms with Crippen LogP contribution >= 0.6 is 0 Å². The van der Waals surface area contributed by atoms with Crippen LogP contribution in [-0.2, 0) is 49.0 Å². The van der Waals surface area contributed by atoms with E-state index in [0.717, 1.165) is 27.7 Å². The molecule has 1 aliphatic rings. The Balaban J connectivity index is 2.60. The lowest BCUT2D eigenvalue weighted by Gasteiger charge is -2.44. The van der Waals surface area contributed by atoms with Crippen molar-refractivity contribution in [2.75, 3.05) is 6.61 Å². The Kier molecular flexibility index (Phi) is 7.77. The molecule has 32 heavy (non-hydrogen) atoms. The van der Waals surface area contributed by atoms with Gasteiger partial charge in [-0.3, -0.25) is 19.2 Å². The highest BCUT2D eigenvalue weighted by molar-refractivity contribution is 5.68. The molecule has 1 fully saturated rings. The number of hydrogen-bond donors (Lipinski definition) is 0. The summed E-state index contributed by atoms with van der Waals surface area (Å²) in [7, 11) is 0. The molecule has 12 nitrogen and oxygen atoms in total. The van der Waals surface area contributed by atoms with Gasteiger partial charge >= 0.3 is 30.1 Å². The van der Waals surface area contributed by atoms with Crippen molar-refractivity contribution in [1.82, 2.24) is 15.0 Å². The quantitative estimate of drug-likeness (QED) is 0.427. The molecule has 0 radical (unpaired) electrons. The summed E-state index contributed by atoms with van der Waals surface area (Å²) in [6.45, 7) is 3.42. The molecule has 2 heterocycles. The SMILES string of the molecule is CC(=O)OC[C@H]1O[C@@H](n2nncc2C(F)(F)F)[C@H](OC(C)=O)[C@@H](OC(C)=O)[C@@H]1OC(C)=O. The average Bonchev–Trinajstić information content (AvgIpc) is 3.12. The maximum absolute atomic E-state index is 13.4. The summed E-state index contributed by atoms with van der Waals surface area (Å²) < 4.78 is 66.5. The number of carbonyl (C=O) groups is 4. The van der Waals surface area contributed by atoms with Crippen LogP contribution in [0.1, 0.15) is 39.6 Å². The van der Waals surface area contributed by atoms with Crippen molar-refractivity contribution < 1.29 is 56.0 Å². The maximum atomic E-state index is 13.4. The van der Waals surface area contributed by atoms with E-state index in [0.29, 0.717) is 6.20 Å². The summed E-state index contributed by atoms with van der Waals surface area (Å²) in [5, 5.41) is 6.59.